The molecular formula is C13H15ClN2O4. The zero-order chi connectivity index (χ0) is 14.7. The van der Waals surface area contributed by atoms with Gasteiger partial charge in [-0.2, -0.15) is 0 Å². The second kappa shape index (κ2) is 6.11. The number of amides is 2. The van der Waals surface area contributed by atoms with Crippen LogP contribution in [0.15, 0.2) is 18.2 Å². The Labute approximate surface area is 121 Å². The second-order valence-corrected chi connectivity index (χ2v) is 5.08. The number of anilines is 1. The number of piperidine rings is 1. The highest BCUT2D eigenvalue weighted by molar-refractivity contribution is 6.31. The fourth-order valence-electron chi connectivity index (χ4n) is 2.07. The van der Waals surface area contributed by atoms with E-state index in [2.05, 4.69) is 5.32 Å². The standard InChI is InChI=1S/C13H15ClN2O4/c14-8-1-2-10(12(18)19)11(7-8)15-13(20)16-5-3-9(17)4-6-16/h1-2,7,9,17H,3-6H2,(H,15,20)(H,18,19). The number of carbonyl (C=O) groups is 2. The van der Waals surface area contributed by atoms with Crippen molar-refractivity contribution in [2.24, 2.45) is 0 Å². The van der Waals surface area contributed by atoms with Gasteiger partial charge in [-0.3, -0.25) is 0 Å². The van der Waals surface area contributed by atoms with E-state index >= 15 is 0 Å². The van der Waals surface area contributed by atoms with Crippen LogP contribution in [-0.2, 0) is 0 Å². The van der Waals surface area contributed by atoms with Crippen molar-refractivity contribution in [3.05, 3.63) is 28.8 Å². The molecule has 1 fully saturated rings. The van der Waals surface area contributed by atoms with Gasteiger partial charge in [0.2, 0.25) is 0 Å². The van der Waals surface area contributed by atoms with Crippen molar-refractivity contribution in [2.45, 2.75) is 18.9 Å². The number of urea groups is 1. The Morgan fingerprint density at radius 3 is 2.55 bits per heavy atom. The lowest BCUT2D eigenvalue weighted by Crippen LogP contribution is -2.42. The van der Waals surface area contributed by atoms with Crippen LogP contribution in [-0.4, -0.2) is 46.3 Å². The number of nitrogens with zero attached hydrogens (tertiary/aromatic N) is 1. The van der Waals surface area contributed by atoms with Gasteiger partial charge >= 0.3 is 12.0 Å². The molecular weight excluding hydrogens is 284 g/mol. The SMILES string of the molecule is O=C(O)c1ccc(Cl)cc1NC(=O)N1CCC(O)CC1. The molecule has 0 unspecified atom stereocenters. The monoisotopic (exact) mass is 298 g/mol. The van der Waals surface area contributed by atoms with Crippen LogP contribution in [0, 0.1) is 0 Å². The Bertz CT molecular complexity index is 527. The van der Waals surface area contributed by atoms with Crippen molar-refractivity contribution in [3.63, 3.8) is 0 Å². The first-order chi connectivity index (χ1) is 9.47. The van der Waals surface area contributed by atoms with Gasteiger partial charge in [0.05, 0.1) is 17.4 Å². The zero-order valence-corrected chi connectivity index (χ0v) is 11.4. The molecule has 6 nitrogen and oxygen atoms in total. The Morgan fingerprint density at radius 1 is 1.30 bits per heavy atom. The van der Waals surface area contributed by atoms with Gasteiger partial charge in [0.15, 0.2) is 0 Å². The molecule has 0 spiro atoms. The van der Waals surface area contributed by atoms with Crippen molar-refractivity contribution in [1.82, 2.24) is 4.90 Å². The maximum absolute atomic E-state index is 12.1. The molecule has 20 heavy (non-hydrogen) atoms. The van der Waals surface area contributed by atoms with Crippen molar-refractivity contribution in [2.75, 3.05) is 18.4 Å². The Morgan fingerprint density at radius 2 is 1.95 bits per heavy atom. The van der Waals surface area contributed by atoms with Gasteiger partial charge in [-0.1, -0.05) is 11.6 Å². The van der Waals surface area contributed by atoms with Crippen LogP contribution in [0.5, 0.6) is 0 Å². The summed E-state index contributed by atoms with van der Waals surface area (Å²) in [6, 6.07) is 3.82. The number of aliphatic hydroxyl groups excluding tert-OH is 1. The highest BCUT2D eigenvalue weighted by Crippen LogP contribution is 2.22. The van der Waals surface area contributed by atoms with Crippen molar-refractivity contribution in [3.8, 4) is 0 Å². The lowest BCUT2D eigenvalue weighted by atomic mass is 10.1. The maximum atomic E-state index is 12.1. The molecule has 0 radical (unpaired) electrons. The van der Waals surface area contributed by atoms with E-state index in [1.165, 1.54) is 18.2 Å². The van der Waals surface area contributed by atoms with Gasteiger partial charge < -0.3 is 20.4 Å². The lowest BCUT2D eigenvalue weighted by Gasteiger charge is -2.29. The van der Waals surface area contributed by atoms with Crippen LogP contribution in [0.4, 0.5) is 10.5 Å². The van der Waals surface area contributed by atoms with Crippen molar-refractivity contribution >= 4 is 29.3 Å². The molecule has 1 aliphatic heterocycles. The number of rotatable bonds is 2. The molecule has 0 atom stereocenters. The van der Waals surface area contributed by atoms with Crippen LogP contribution in [0.1, 0.15) is 23.2 Å². The van der Waals surface area contributed by atoms with E-state index in [0.717, 1.165) is 0 Å². The van der Waals surface area contributed by atoms with E-state index in [4.69, 9.17) is 16.7 Å². The summed E-state index contributed by atoms with van der Waals surface area (Å²) in [6.45, 7) is 0.881. The number of hydrogen-bond donors (Lipinski definition) is 3. The van der Waals surface area contributed by atoms with Crippen molar-refractivity contribution < 1.29 is 19.8 Å². The Hall–Kier alpha value is -1.79. The van der Waals surface area contributed by atoms with Crippen LogP contribution in [0.2, 0.25) is 5.02 Å². The number of hydrogen-bond acceptors (Lipinski definition) is 3. The fourth-order valence-corrected chi connectivity index (χ4v) is 2.24. The van der Waals surface area contributed by atoms with E-state index in [9.17, 15) is 14.7 Å². The number of carbonyl (C=O) groups excluding carboxylic acids is 1. The Balaban J connectivity index is 2.11. The number of halogens is 1. The minimum atomic E-state index is -1.13. The number of likely N-dealkylation sites (tertiary alicyclic amines) is 1. The summed E-state index contributed by atoms with van der Waals surface area (Å²) >= 11 is 5.82. The third-order valence-corrected chi connectivity index (χ3v) is 3.44. The average molecular weight is 299 g/mol. The predicted octanol–water partition coefficient (Wildman–Crippen LogP) is 2.03. The van der Waals surface area contributed by atoms with Crippen molar-refractivity contribution in [1.29, 1.82) is 0 Å². The largest absolute Gasteiger partial charge is 0.478 e. The highest BCUT2D eigenvalue weighted by atomic mass is 35.5. The van der Waals surface area contributed by atoms with Gasteiger partial charge in [0.1, 0.15) is 0 Å². The molecule has 0 bridgehead atoms. The van der Waals surface area contributed by atoms with E-state index in [-0.39, 0.29) is 23.4 Å². The third kappa shape index (κ3) is 3.40. The summed E-state index contributed by atoms with van der Waals surface area (Å²) < 4.78 is 0. The zero-order valence-electron chi connectivity index (χ0n) is 10.7. The molecule has 0 aliphatic carbocycles. The summed E-state index contributed by atoms with van der Waals surface area (Å²) in [5, 5.41) is 21.4. The average Bonchev–Trinajstić information content (AvgIpc) is 2.39. The van der Waals surface area contributed by atoms with E-state index in [0.29, 0.717) is 31.0 Å². The van der Waals surface area contributed by atoms with E-state index in [1.54, 1.807) is 4.90 Å². The normalized spacial score (nSPS) is 16.0. The topological polar surface area (TPSA) is 89.9 Å². The molecule has 1 saturated heterocycles. The summed E-state index contributed by atoms with van der Waals surface area (Å²) in [5.41, 5.74) is 0.154. The number of carboxylic acids is 1. The molecule has 1 aromatic rings. The number of carboxylic acid groups (broad SMARTS) is 1. The lowest BCUT2D eigenvalue weighted by molar-refractivity contribution is 0.0698. The second-order valence-electron chi connectivity index (χ2n) is 4.64. The molecule has 108 valence electrons. The van der Waals surface area contributed by atoms with Crippen LogP contribution in [0.25, 0.3) is 0 Å². The van der Waals surface area contributed by atoms with Crippen LogP contribution >= 0.6 is 11.6 Å². The highest BCUT2D eigenvalue weighted by Gasteiger charge is 2.22. The van der Waals surface area contributed by atoms with Gasteiger partial charge in [0, 0.05) is 18.1 Å². The molecule has 2 amide bonds. The summed E-state index contributed by atoms with van der Waals surface area (Å²) in [7, 11) is 0. The number of benzene rings is 1. The quantitative estimate of drug-likeness (QED) is 0.779. The minimum absolute atomic E-state index is 0.0141. The molecule has 1 aliphatic rings. The Kier molecular flexibility index (Phi) is 4.46. The van der Waals surface area contributed by atoms with Crippen LogP contribution in [0.3, 0.4) is 0 Å². The molecule has 2 rings (SSSR count). The molecule has 0 aromatic heterocycles. The smallest absolute Gasteiger partial charge is 0.337 e. The van der Waals surface area contributed by atoms with E-state index < -0.39 is 5.97 Å². The number of aliphatic hydroxyl groups is 1. The first-order valence-electron chi connectivity index (χ1n) is 6.24. The number of nitrogens with one attached hydrogen (secondary N) is 1. The van der Waals surface area contributed by atoms with Crippen LogP contribution < -0.4 is 5.32 Å². The maximum Gasteiger partial charge on any atom is 0.337 e. The van der Waals surface area contributed by atoms with Gasteiger partial charge in [0.25, 0.3) is 0 Å². The summed E-state index contributed by atoms with van der Waals surface area (Å²) in [4.78, 5) is 24.7. The van der Waals surface area contributed by atoms with Gasteiger partial charge in [-0.15, -0.1) is 0 Å². The molecule has 0 saturated carbocycles. The first-order valence-corrected chi connectivity index (χ1v) is 6.62. The fraction of sp³-hybridized carbons (Fsp3) is 0.385. The molecule has 1 heterocycles. The molecule has 7 heteroatoms. The van der Waals surface area contributed by atoms with Gasteiger partial charge in [-0.25, -0.2) is 9.59 Å². The summed E-state index contributed by atoms with van der Waals surface area (Å²) in [6.07, 6.45) is 0.670. The van der Waals surface area contributed by atoms with E-state index in [1.807, 2.05) is 0 Å². The predicted molar refractivity (Wildman–Crippen MR) is 74.2 cm³/mol. The summed E-state index contributed by atoms with van der Waals surface area (Å²) in [5.74, 6) is -1.13. The minimum Gasteiger partial charge on any atom is -0.478 e. The first kappa shape index (κ1) is 14.6. The van der Waals surface area contributed by atoms with Gasteiger partial charge in [-0.05, 0) is 31.0 Å². The third-order valence-electron chi connectivity index (χ3n) is 3.21. The number of aromatic carboxylic acids is 1. The molecule has 3 N–H and O–H groups in total. The molecule has 1 aromatic carbocycles.